The van der Waals surface area contributed by atoms with Crippen LogP contribution in [0.5, 0.6) is 0 Å². The van der Waals surface area contributed by atoms with Crippen LogP contribution in [0.4, 0.5) is 11.4 Å². The molecule has 5 N–H and O–H groups in total. The molecule has 0 amide bonds. The van der Waals surface area contributed by atoms with Gasteiger partial charge in [0.05, 0.1) is 36.3 Å². The van der Waals surface area contributed by atoms with Gasteiger partial charge in [-0.2, -0.15) is 0 Å². The Balaban J connectivity index is 2.88. The van der Waals surface area contributed by atoms with Crippen molar-refractivity contribution in [2.24, 2.45) is 0 Å². The monoisotopic (exact) mass is 211 g/mol. The minimum absolute atomic E-state index is 0.151. The summed E-state index contributed by atoms with van der Waals surface area (Å²) in [5.74, 6) is 0. The predicted octanol–water partition coefficient (Wildman–Crippen LogP) is 0.209. The fourth-order valence-electron chi connectivity index (χ4n) is 1.25. The molecule has 0 saturated heterocycles. The van der Waals surface area contributed by atoms with Crippen molar-refractivity contribution in [2.45, 2.75) is 18.9 Å². The summed E-state index contributed by atoms with van der Waals surface area (Å²) < 4.78 is 0. The van der Waals surface area contributed by atoms with Gasteiger partial charge in [0.1, 0.15) is 0 Å². The van der Waals surface area contributed by atoms with Crippen LogP contribution in [0.2, 0.25) is 0 Å². The Hall–Kier alpha value is -1.33. The average Bonchev–Trinajstić information content (AvgIpc) is 2.29. The maximum atomic E-state index is 9.25. The van der Waals surface area contributed by atoms with Crippen molar-refractivity contribution >= 4 is 11.4 Å². The Bertz CT molecular complexity index is 305. The average molecular weight is 211 g/mol. The molecule has 15 heavy (non-hydrogen) atoms. The number of nitrogens with one attached hydrogen (secondary N) is 1. The minimum Gasteiger partial charge on any atom is -0.396 e. The van der Waals surface area contributed by atoms with Crippen LogP contribution < -0.4 is 11.1 Å². The number of aliphatic hydroxyl groups is 2. The molecule has 5 nitrogen and oxygen atoms in total. The molecule has 0 aliphatic heterocycles. The Morgan fingerprint density at radius 2 is 2.13 bits per heavy atom. The number of hydrogen-bond donors (Lipinski definition) is 4. The van der Waals surface area contributed by atoms with E-state index in [1.807, 2.05) is 6.92 Å². The molecule has 0 saturated carbocycles. The Morgan fingerprint density at radius 3 is 2.60 bits per heavy atom. The molecule has 0 atom stereocenters. The van der Waals surface area contributed by atoms with Gasteiger partial charge in [0.15, 0.2) is 0 Å². The maximum absolute atomic E-state index is 9.25. The van der Waals surface area contributed by atoms with Gasteiger partial charge in [0.2, 0.25) is 0 Å². The predicted molar refractivity (Wildman–Crippen MR) is 59.5 cm³/mol. The molecule has 1 rings (SSSR count). The number of hydrogen-bond acceptors (Lipinski definition) is 5. The van der Waals surface area contributed by atoms with Crippen molar-refractivity contribution in [1.82, 2.24) is 4.98 Å². The molecule has 0 spiro atoms. The van der Waals surface area contributed by atoms with Gasteiger partial charge in [0.25, 0.3) is 0 Å². The number of rotatable bonds is 5. The van der Waals surface area contributed by atoms with E-state index in [0.29, 0.717) is 17.8 Å². The fourth-order valence-corrected chi connectivity index (χ4v) is 1.25. The highest BCUT2D eigenvalue weighted by Crippen LogP contribution is 2.22. The number of anilines is 2. The Morgan fingerprint density at radius 1 is 1.47 bits per heavy atom. The first kappa shape index (κ1) is 11.7. The molecule has 0 aliphatic carbocycles. The molecular weight excluding hydrogens is 194 g/mol. The van der Waals surface area contributed by atoms with E-state index < -0.39 is 5.54 Å². The minimum atomic E-state index is -0.727. The number of pyridine rings is 1. The van der Waals surface area contributed by atoms with E-state index in [9.17, 15) is 10.2 Å². The number of aliphatic hydroxyl groups excluding tert-OH is 2. The molecular formula is C10H17N3O2. The van der Waals surface area contributed by atoms with Gasteiger partial charge in [-0.15, -0.1) is 0 Å². The lowest BCUT2D eigenvalue weighted by atomic mass is 9.98. The second-order valence-electron chi connectivity index (χ2n) is 3.54. The molecule has 84 valence electrons. The number of nitrogen functional groups attached to an aromatic ring is 1. The highest BCUT2D eigenvalue weighted by molar-refractivity contribution is 5.65. The summed E-state index contributed by atoms with van der Waals surface area (Å²) >= 11 is 0. The van der Waals surface area contributed by atoms with Gasteiger partial charge in [-0.3, -0.25) is 4.98 Å². The second kappa shape index (κ2) is 4.95. The van der Waals surface area contributed by atoms with E-state index in [-0.39, 0.29) is 13.2 Å². The molecule has 0 aliphatic rings. The molecule has 0 unspecified atom stereocenters. The molecule has 1 aromatic rings. The largest absolute Gasteiger partial charge is 0.396 e. The quantitative estimate of drug-likeness (QED) is 0.559. The molecule has 0 bridgehead atoms. The highest BCUT2D eigenvalue weighted by Gasteiger charge is 2.26. The second-order valence-corrected chi connectivity index (χ2v) is 3.54. The van der Waals surface area contributed by atoms with Crippen molar-refractivity contribution in [1.29, 1.82) is 0 Å². The molecule has 0 aromatic carbocycles. The third-order valence-corrected chi connectivity index (χ3v) is 2.53. The zero-order valence-electron chi connectivity index (χ0n) is 8.77. The maximum Gasteiger partial charge on any atom is 0.0832 e. The van der Waals surface area contributed by atoms with Crippen molar-refractivity contribution in [3.63, 3.8) is 0 Å². The molecule has 5 heteroatoms. The van der Waals surface area contributed by atoms with Crippen molar-refractivity contribution < 1.29 is 10.2 Å². The van der Waals surface area contributed by atoms with E-state index in [1.54, 1.807) is 12.3 Å². The summed E-state index contributed by atoms with van der Waals surface area (Å²) in [7, 11) is 0. The smallest absolute Gasteiger partial charge is 0.0832 e. The summed E-state index contributed by atoms with van der Waals surface area (Å²) in [6.45, 7) is 1.58. The first-order valence-electron chi connectivity index (χ1n) is 4.87. The van der Waals surface area contributed by atoms with Crippen LogP contribution in [-0.2, 0) is 0 Å². The highest BCUT2D eigenvalue weighted by atomic mass is 16.3. The summed E-state index contributed by atoms with van der Waals surface area (Å²) in [6.07, 6.45) is 3.73. The van der Waals surface area contributed by atoms with Gasteiger partial charge in [-0.05, 0) is 12.5 Å². The Labute approximate surface area is 89.0 Å². The van der Waals surface area contributed by atoms with E-state index in [1.165, 1.54) is 6.20 Å². The fraction of sp³-hybridized carbons (Fsp3) is 0.500. The third-order valence-electron chi connectivity index (χ3n) is 2.53. The van der Waals surface area contributed by atoms with Crippen LogP contribution in [0.1, 0.15) is 13.3 Å². The van der Waals surface area contributed by atoms with Gasteiger partial charge < -0.3 is 21.3 Å². The van der Waals surface area contributed by atoms with Crippen LogP contribution in [0, 0.1) is 0 Å². The zero-order chi connectivity index (χ0) is 11.3. The number of nitrogens with two attached hydrogens (primary N) is 1. The van der Waals surface area contributed by atoms with Crippen LogP contribution in [0.25, 0.3) is 0 Å². The van der Waals surface area contributed by atoms with E-state index >= 15 is 0 Å². The summed E-state index contributed by atoms with van der Waals surface area (Å²) in [5.41, 5.74) is 6.15. The topological polar surface area (TPSA) is 91.4 Å². The zero-order valence-corrected chi connectivity index (χ0v) is 8.77. The SMILES string of the molecule is CCC(CO)(CO)Nc1ccncc1N. The summed E-state index contributed by atoms with van der Waals surface area (Å²) in [4.78, 5) is 3.86. The van der Waals surface area contributed by atoms with Gasteiger partial charge >= 0.3 is 0 Å². The molecule has 0 fully saturated rings. The van der Waals surface area contributed by atoms with E-state index in [4.69, 9.17) is 5.73 Å². The van der Waals surface area contributed by atoms with Crippen LogP contribution in [-0.4, -0.2) is 33.9 Å². The summed E-state index contributed by atoms with van der Waals surface area (Å²) in [6, 6.07) is 1.71. The number of nitrogens with zero attached hydrogens (tertiary/aromatic N) is 1. The van der Waals surface area contributed by atoms with Crippen molar-refractivity contribution in [2.75, 3.05) is 24.3 Å². The van der Waals surface area contributed by atoms with E-state index in [0.717, 1.165) is 0 Å². The van der Waals surface area contributed by atoms with Crippen LogP contribution >= 0.6 is 0 Å². The lowest BCUT2D eigenvalue weighted by Gasteiger charge is -2.31. The van der Waals surface area contributed by atoms with Gasteiger partial charge in [-0.25, -0.2) is 0 Å². The standard InChI is InChI=1S/C10H17N3O2/c1-2-10(6-14,7-15)13-9-3-4-12-5-8(9)11/h3-5,14-15H,2,6-7,11H2,1H3,(H,12,13). The van der Waals surface area contributed by atoms with Crippen LogP contribution in [0.15, 0.2) is 18.5 Å². The van der Waals surface area contributed by atoms with Crippen molar-refractivity contribution in [3.05, 3.63) is 18.5 Å². The van der Waals surface area contributed by atoms with Crippen molar-refractivity contribution in [3.8, 4) is 0 Å². The molecule has 0 radical (unpaired) electrons. The number of aromatic nitrogens is 1. The normalized spacial score (nSPS) is 11.4. The third kappa shape index (κ3) is 2.57. The molecule has 1 aromatic heterocycles. The first-order valence-corrected chi connectivity index (χ1v) is 4.87. The lowest BCUT2D eigenvalue weighted by Crippen LogP contribution is -2.45. The summed E-state index contributed by atoms with van der Waals surface area (Å²) in [5, 5.41) is 21.5. The van der Waals surface area contributed by atoms with Crippen LogP contribution in [0.3, 0.4) is 0 Å². The van der Waals surface area contributed by atoms with E-state index in [2.05, 4.69) is 10.3 Å². The molecule has 1 heterocycles. The Kier molecular flexibility index (Phi) is 3.88. The lowest BCUT2D eigenvalue weighted by molar-refractivity contribution is 0.132. The van der Waals surface area contributed by atoms with Gasteiger partial charge in [0, 0.05) is 6.20 Å². The first-order chi connectivity index (χ1) is 7.17. The van der Waals surface area contributed by atoms with Gasteiger partial charge in [-0.1, -0.05) is 6.92 Å².